The summed E-state index contributed by atoms with van der Waals surface area (Å²) in [6, 6.07) is 18.4. The van der Waals surface area contributed by atoms with Crippen molar-refractivity contribution >= 4 is 16.9 Å². The smallest absolute Gasteiger partial charge is 0.326 e. The lowest BCUT2D eigenvalue weighted by Crippen LogP contribution is -2.48. The van der Waals surface area contributed by atoms with Crippen molar-refractivity contribution in [3.05, 3.63) is 94.2 Å². The number of rotatable bonds is 7. The zero-order valence-electron chi connectivity index (χ0n) is 22.3. The van der Waals surface area contributed by atoms with Gasteiger partial charge in [0.25, 0.3) is 0 Å². The van der Waals surface area contributed by atoms with E-state index < -0.39 is 0 Å². The SMILES string of the molecule is COc1ccc2c(c1)CC[C@@H](NC(=O)CN1CCC(n3c(=O)[nH]c4ccccc43)CC1)[C@H]2Cc1cccnc1. The van der Waals surface area contributed by atoms with Crippen molar-refractivity contribution in [3.63, 3.8) is 0 Å². The van der Waals surface area contributed by atoms with Crippen LogP contribution < -0.4 is 15.7 Å². The highest BCUT2D eigenvalue weighted by atomic mass is 16.5. The molecule has 1 aliphatic carbocycles. The Balaban J connectivity index is 1.11. The molecule has 2 aromatic heterocycles. The van der Waals surface area contributed by atoms with Gasteiger partial charge in [-0.15, -0.1) is 0 Å². The van der Waals surface area contributed by atoms with E-state index in [-0.39, 0.29) is 29.6 Å². The first-order valence-electron chi connectivity index (χ1n) is 13.9. The van der Waals surface area contributed by atoms with Gasteiger partial charge in [0.15, 0.2) is 0 Å². The van der Waals surface area contributed by atoms with Gasteiger partial charge in [-0.2, -0.15) is 0 Å². The zero-order chi connectivity index (χ0) is 26.8. The van der Waals surface area contributed by atoms with Gasteiger partial charge < -0.3 is 15.0 Å². The molecule has 2 aliphatic rings. The molecule has 6 rings (SSSR count). The summed E-state index contributed by atoms with van der Waals surface area (Å²) in [4.78, 5) is 35.4. The number of benzene rings is 2. The van der Waals surface area contributed by atoms with Gasteiger partial charge in [-0.1, -0.05) is 24.3 Å². The number of carbonyl (C=O) groups is 1. The van der Waals surface area contributed by atoms with E-state index in [0.717, 1.165) is 62.0 Å². The van der Waals surface area contributed by atoms with Gasteiger partial charge >= 0.3 is 5.69 Å². The summed E-state index contributed by atoms with van der Waals surface area (Å²) >= 11 is 0. The maximum absolute atomic E-state index is 13.3. The van der Waals surface area contributed by atoms with Crippen LogP contribution in [0.3, 0.4) is 0 Å². The summed E-state index contributed by atoms with van der Waals surface area (Å²) in [5.41, 5.74) is 5.51. The van der Waals surface area contributed by atoms with Gasteiger partial charge in [0, 0.05) is 43.5 Å². The number of carbonyl (C=O) groups excluding carboxylic acids is 1. The molecule has 202 valence electrons. The number of hydrogen-bond donors (Lipinski definition) is 2. The second-order valence-corrected chi connectivity index (χ2v) is 10.8. The Labute approximate surface area is 228 Å². The average Bonchev–Trinajstić information content (AvgIpc) is 3.30. The molecule has 1 saturated heterocycles. The van der Waals surface area contributed by atoms with Crippen molar-refractivity contribution in [2.75, 3.05) is 26.7 Å². The number of hydrogen-bond acceptors (Lipinski definition) is 5. The third kappa shape index (κ3) is 5.34. The van der Waals surface area contributed by atoms with Crippen molar-refractivity contribution < 1.29 is 9.53 Å². The van der Waals surface area contributed by atoms with Crippen LogP contribution in [0.25, 0.3) is 11.0 Å². The number of nitrogens with one attached hydrogen (secondary N) is 2. The number of amides is 1. The van der Waals surface area contributed by atoms with Crippen molar-refractivity contribution in [2.24, 2.45) is 0 Å². The third-order valence-corrected chi connectivity index (χ3v) is 8.40. The summed E-state index contributed by atoms with van der Waals surface area (Å²) in [6.07, 6.45) is 8.02. The van der Waals surface area contributed by atoms with Crippen LogP contribution in [0.15, 0.2) is 71.8 Å². The Morgan fingerprint density at radius 2 is 1.95 bits per heavy atom. The number of nitrogens with zero attached hydrogens (tertiary/aromatic N) is 3. The molecule has 8 heteroatoms. The van der Waals surface area contributed by atoms with Gasteiger partial charge in [0.1, 0.15) is 5.75 Å². The largest absolute Gasteiger partial charge is 0.497 e. The van der Waals surface area contributed by atoms with Crippen molar-refractivity contribution in [2.45, 2.75) is 50.1 Å². The van der Waals surface area contributed by atoms with E-state index >= 15 is 0 Å². The Bertz CT molecular complexity index is 1500. The molecule has 0 spiro atoms. The summed E-state index contributed by atoms with van der Waals surface area (Å²) < 4.78 is 7.36. The monoisotopic (exact) mass is 525 g/mol. The first kappa shape index (κ1) is 25.4. The molecule has 2 N–H and O–H groups in total. The molecule has 4 aromatic rings. The highest BCUT2D eigenvalue weighted by Crippen LogP contribution is 2.36. The maximum Gasteiger partial charge on any atom is 0.326 e. The van der Waals surface area contributed by atoms with Crippen molar-refractivity contribution in [1.29, 1.82) is 0 Å². The molecular weight excluding hydrogens is 490 g/mol. The van der Waals surface area contributed by atoms with Crippen molar-refractivity contribution in [1.82, 2.24) is 24.8 Å². The number of aromatic nitrogens is 3. The van der Waals surface area contributed by atoms with Crippen LogP contribution in [-0.4, -0.2) is 58.1 Å². The van der Waals surface area contributed by atoms with Gasteiger partial charge in [0.05, 0.1) is 24.7 Å². The average molecular weight is 526 g/mol. The highest BCUT2D eigenvalue weighted by molar-refractivity contribution is 5.78. The summed E-state index contributed by atoms with van der Waals surface area (Å²) in [7, 11) is 1.70. The number of imidazole rings is 1. The topological polar surface area (TPSA) is 92.2 Å². The van der Waals surface area contributed by atoms with Crippen LogP contribution in [0.1, 0.15) is 47.9 Å². The molecular formula is C31H35N5O3. The van der Waals surface area contributed by atoms with E-state index in [0.29, 0.717) is 6.54 Å². The number of methoxy groups -OCH3 is 1. The highest BCUT2D eigenvalue weighted by Gasteiger charge is 2.32. The quantitative estimate of drug-likeness (QED) is 0.383. The lowest BCUT2D eigenvalue weighted by Gasteiger charge is -2.36. The number of fused-ring (bicyclic) bond motifs is 2. The van der Waals surface area contributed by atoms with Crippen molar-refractivity contribution in [3.8, 4) is 5.75 Å². The number of para-hydroxylation sites is 2. The number of pyridine rings is 1. The summed E-state index contributed by atoms with van der Waals surface area (Å²) in [6.45, 7) is 1.95. The lowest BCUT2D eigenvalue weighted by atomic mass is 9.76. The third-order valence-electron chi connectivity index (χ3n) is 8.40. The van der Waals surface area contributed by atoms with Crippen LogP contribution in [-0.2, 0) is 17.6 Å². The maximum atomic E-state index is 13.3. The Morgan fingerprint density at radius 1 is 1.10 bits per heavy atom. The van der Waals surface area contributed by atoms with E-state index in [1.54, 1.807) is 13.3 Å². The molecule has 1 amide bonds. The van der Waals surface area contributed by atoms with Crippen LogP contribution >= 0.6 is 0 Å². The Kier molecular flexibility index (Phi) is 7.20. The normalized spacial score (nSPS) is 20.0. The second kappa shape index (κ2) is 11.1. The van der Waals surface area contributed by atoms with Crippen LogP contribution in [0.2, 0.25) is 0 Å². The molecule has 0 radical (unpaired) electrons. The Morgan fingerprint density at radius 3 is 2.74 bits per heavy atom. The molecule has 0 saturated carbocycles. The van der Waals surface area contributed by atoms with E-state index in [2.05, 4.69) is 38.4 Å². The summed E-state index contributed by atoms with van der Waals surface area (Å²) in [5.74, 6) is 1.11. The van der Waals surface area contributed by atoms with Crippen LogP contribution in [0.5, 0.6) is 5.75 Å². The number of aromatic amines is 1. The zero-order valence-corrected chi connectivity index (χ0v) is 22.3. The van der Waals surface area contributed by atoms with Gasteiger partial charge in [-0.3, -0.25) is 19.2 Å². The Hall–Kier alpha value is -3.91. The minimum atomic E-state index is -0.0535. The number of aryl methyl sites for hydroxylation is 1. The fourth-order valence-electron chi connectivity index (χ4n) is 6.44. The molecule has 1 aliphatic heterocycles. The predicted molar refractivity (Wildman–Crippen MR) is 151 cm³/mol. The van der Waals surface area contributed by atoms with E-state index in [4.69, 9.17) is 4.74 Å². The molecule has 1 fully saturated rings. The molecule has 2 aromatic carbocycles. The number of ether oxygens (including phenoxy) is 1. The molecule has 3 heterocycles. The van der Waals surface area contributed by atoms with Crippen LogP contribution in [0, 0.1) is 0 Å². The number of H-pyrrole nitrogens is 1. The predicted octanol–water partition coefficient (Wildman–Crippen LogP) is 3.83. The molecule has 39 heavy (non-hydrogen) atoms. The summed E-state index contributed by atoms with van der Waals surface area (Å²) in [5, 5.41) is 3.39. The minimum Gasteiger partial charge on any atom is -0.497 e. The first-order chi connectivity index (χ1) is 19.1. The van der Waals surface area contributed by atoms with Crippen LogP contribution in [0.4, 0.5) is 0 Å². The number of likely N-dealkylation sites (tertiary alicyclic amines) is 1. The molecule has 2 atom stereocenters. The molecule has 0 bridgehead atoms. The van der Waals surface area contributed by atoms with E-state index in [9.17, 15) is 9.59 Å². The van der Waals surface area contributed by atoms with Gasteiger partial charge in [-0.05, 0) is 79.1 Å². The van der Waals surface area contributed by atoms with Gasteiger partial charge in [-0.25, -0.2) is 4.79 Å². The van der Waals surface area contributed by atoms with Gasteiger partial charge in [0.2, 0.25) is 5.91 Å². The fraction of sp³-hybridized carbons (Fsp3) is 0.387. The molecule has 8 nitrogen and oxygen atoms in total. The minimum absolute atomic E-state index is 0.0535. The van der Waals surface area contributed by atoms with E-state index in [1.165, 1.54) is 16.7 Å². The standard InChI is InChI=1S/C31H35N5O3/c1-39-24-9-10-25-22(18-24)8-11-27(26(25)17-21-5-4-14-32-19-21)33-30(37)20-35-15-12-23(13-16-35)36-29-7-3-2-6-28(29)34-31(36)38/h2-7,9-10,14,18-19,23,26-27H,8,11-13,15-17,20H2,1H3,(H,33,37)(H,34,38)/t26-,27+/m0/s1. The van der Waals surface area contributed by atoms with E-state index in [1.807, 2.05) is 47.2 Å². The first-order valence-corrected chi connectivity index (χ1v) is 13.9. The second-order valence-electron chi connectivity index (χ2n) is 10.8. The lowest BCUT2D eigenvalue weighted by molar-refractivity contribution is -0.123. The number of piperidine rings is 1. The fourth-order valence-corrected chi connectivity index (χ4v) is 6.44. The molecule has 0 unspecified atom stereocenters.